The van der Waals surface area contributed by atoms with Gasteiger partial charge in [-0.3, -0.25) is 9.97 Å². The minimum absolute atomic E-state index is 0. The van der Waals surface area contributed by atoms with E-state index in [1.54, 1.807) is 0 Å². The summed E-state index contributed by atoms with van der Waals surface area (Å²) in [6, 6.07) is 85.9. The maximum atomic E-state index is 5.66. The third-order valence-corrected chi connectivity index (χ3v) is 13.2. The van der Waals surface area contributed by atoms with Crippen molar-refractivity contribution in [3.8, 4) is 67.0 Å². The van der Waals surface area contributed by atoms with E-state index in [4.69, 9.17) is 9.97 Å². The summed E-state index contributed by atoms with van der Waals surface area (Å²) in [7, 11) is 0. The molecule has 0 N–H and O–H groups in total. The molecule has 0 radical (unpaired) electrons. The second-order valence-corrected chi connectivity index (χ2v) is 20.3. The first-order valence-corrected chi connectivity index (χ1v) is 24.1. The number of para-hydroxylation sites is 2. The second kappa shape index (κ2) is 19.3. The normalized spacial score (nSPS) is 12.2. The SMILES string of the molecule is CC(C)(C)c1cc2[c-]c(c1)N(c1ccccc1)c1cc(-c3ccc(-c4ccccc4)cc3)cc(n1)-c1[c-]c(cc(C(C)(C)C)c1)N(c1ccccc1)c1cc(-c3ccc(-c4ccccc4)cc3)cc-2n1.[Pt+2]. The van der Waals surface area contributed by atoms with E-state index in [0.29, 0.717) is 0 Å². The number of nitrogens with zero attached hydrogens (tertiary/aromatic N) is 4. The molecule has 8 aromatic carbocycles. The van der Waals surface area contributed by atoms with E-state index < -0.39 is 0 Å². The van der Waals surface area contributed by atoms with Gasteiger partial charge in [0, 0.05) is 11.4 Å². The van der Waals surface area contributed by atoms with Gasteiger partial charge in [0.15, 0.2) is 0 Å². The quantitative estimate of drug-likeness (QED) is 0.155. The van der Waals surface area contributed by atoms with E-state index >= 15 is 0 Å². The van der Waals surface area contributed by atoms with Crippen molar-refractivity contribution >= 4 is 34.4 Å². The van der Waals surface area contributed by atoms with Crippen LogP contribution in [0.5, 0.6) is 0 Å². The maximum Gasteiger partial charge on any atom is 2.00 e. The van der Waals surface area contributed by atoms with Crippen LogP contribution in [0.2, 0.25) is 0 Å². The molecule has 0 saturated carbocycles. The average Bonchev–Trinajstić information content (AvgIpc) is 3.39. The smallest absolute Gasteiger partial charge is 0.314 e. The number of anilines is 6. The second-order valence-electron chi connectivity index (χ2n) is 20.3. The van der Waals surface area contributed by atoms with Gasteiger partial charge in [0.25, 0.3) is 0 Å². The van der Waals surface area contributed by atoms with Gasteiger partial charge < -0.3 is 9.80 Å². The van der Waals surface area contributed by atoms with Gasteiger partial charge in [-0.05, 0) is 114 Å². The van der Waals surface area contributed by atoms with Gasteiger partial charge in [-0.15, -0.1) is 58.7 Å². The Bertz CT molecular complexity index is 3230. The standard InChI is InChI=1S/C66H54N4.Pt/c1-65(2,3)55-35-53-37-59(43-55)69(57-23-15-9-16-24-57)63-41-52(50-33-29-48(30-34-50)46-21-13-8-14-22-46)40-62(68-63)54-36-56(66(4,5)6)44-60(38-54)70(58-25-17-10-18-26-58)64-42-51(39-61(53)67-64)49-31-27-47(28-32-49)45-19-11-7-12-20-45;/h7-36,39-44H,1-6H3;/q-2;+2. The van der Waals surface area contributed by atoms with E-state index in [0.717, 1.165) is 90.3 Å². The number of fused-ring (bicyclic) bond motifs is 10. The van der Waals surface area contributed by atoms with Crippen molar-refractivity contribution in [3.05, 3.63) is 242 Å². The molecule has 3 heterocycles. The molecule has 8 bridgehead atoms. The van der Waals surface area contributed by atoms with Crippen LogP contribution < -0.4 is 9.80 Å². The molecule has 2 aromatic heterocycles. The molecule has 11 rings (SSSR count). The van der Waals surface area contributed by atoms with E-state index in [-0.39, 0.29) is 31.9 Å². The zero-order chi connectivity index (χ0) is 48.0. The first-order valence-electron chi connectivity index (χ1n) is 24.1. The van der Waals surface area contributed by atoms with Gasteiger partial charge in [0.1, 0.15) is 11.6 Å². The van der Waals surface area contributed by atoms with Crippen LogP contribution in [-0.4, -0.2) is 9.97 Å². The largest absolute Gasteiger partial charge is 2.00 e. The van der Waals surface area contributed by atoms with Gasteiger partial charge in [-0.2, -0.15) is 0 Å². The fourth-order valence-corrected chi connectivity index (χ4v) is 9.28. The topological polar surface area (TPSA) is 32.3 Å². The van der Waals surface area contributed by atoms with Gasteiger partial charge in [0.2, 0.25) is 0 Å². The monoisotopic (exact) mass is 1100 g/mol. The molecule has 71 heavy (non-hydrogen) atoms. The molecule has 10 aromatic rings. The van der Waals surface area contributed by atoms with Gasteiger partial charge in [0.05, 0.1) is 0 Å². The maximum absolute atomic E-state index is 5.66. The summed E-state index contributed by atoms with van der Waals surface area (Å²) < 4.78 is 0. The number of hydrogen-bond donors (Lipinski definition) is 0. The molecule has 5 heteroatoms. The van der Waals surface area contributed by atoms with Gasteiger partial charge >= 0.3 is 21.1 Å². The molecule has 0 amide bonds. The average molecular weight is 1100 g/mol. The number of benzene rings is 8. The minimum atomic E-state index is -0.215. The zero-order valence-corrected chi connectivity index (χ0v) is 43.2. The fourth-order valence-electron chi connectivity index (χ4n) is 9.28. The molecule has 0 aliphatic carbocycles. The Morgan fingerprint density at radius 3 is 0.944 bits per heavy atom. The molecule has 0 spiro atoms. The summed E-state index contributed by atoms with van der Waals surface area (Å²) >= 11 is 0. The summed E-state index contributed by atoms with van der Waals surface area (Å²) in [6.45, 7) is 13.6. The first-order chi connectivity index (χ1) is 33.9. The first kappa shape index (κ1) is 47.0. The number of rotatable bonds is 6. The van der Waals surface area contributed by atoms with Gasteiger partial charge in [-0.1, -0.05) is 199 Å². The summed E-state index contributed by atoms with van der Waals surface area (Å²) in [5, 5.41) is 0. The Morgan fingerprint density at radius 1 is 0.324 bits per heavy atom. The van der Waals surface area contributed by atoms with Crippen LogP contribution in [0.3, 0.4) is 0 Å². The van der Waals surface area contributed by atoms with E-state index in [1.807, 2.05) is 0 Å². The van der Waals surface area contributed by atoms with E-state index in [9.17, 15) is 0 Å². The predicted octanol–water partition coefficient (Wildman–Crippen LogP) is 17.9. The molecule has 1 aliphatic rings. The van der Waals surface area contributed by atoms with Crippen molar-refractivity contribution in [1.82, 2.24) is 9.97 Å². The molecule has 348 valence electrons. The Morgan fingerprint density at radius 2 is 0.620 bits per heavy atom. The van der Waals surface area contributed by atoms with E-state index in [2.05, 4.69) is 282 Å². The zero-order valence-electron chi connectivity index (χ0n) is 40.9. The summed E-state index contributed by atoms with van der Waals surface area (Å²) in [5.74, 6) is 1.54. The summed E-state index contributed by atoms with van der Waals surface area (Å²) in [6.07, 6.45) is 0. The van der Waals surface area contributed by atoms with Crippen LogP contribution in [0.1, 0.15) is 52.7 Å². The molecule has 0 fully saturated rings. The van der Waals surface area contributed by atoms with Crippen LogP contribution in [-0.2, 0) is 31.9 Å². The Kier molecular flexibility index (Phi) is 12.8. The molecule has 1 aliphatic heterocycles. The summed E-state index contributed by atoms with van der Waals surface area (Å²) in [5.41, 5.74) is 18.0. The van der Waals surface area contributed by atoms with E-state index in [1.165, 1.54) is 22.3 Å². The Balaban J connectivity index is 0.00000582. The number of aromatic nitrogens is 2. The van der Waals surface area contributed by atoms with Gasteiger partial charge in [-0.25, -0.2) is 0 Å². The van der Waals surface area contributed by atoms with Crippen LogP contribution in [0.15, 0.2) is 218 Å². The molecule has 4 nitrogen and oxygen atoms in total. The minimum Gasteiger partial charge on any atom is -0.314 e. The van der Waals surface area contributed by atoms with Crippen molar-refractivity contribution in [2.24, 2.45) is 0 Å². The van der Waals surface area contributed by atoms with Crippen molar-refractivity contribution in [3.63, 3.8) is 0 Å². The fraction of sp³-hybridized carbons (Fsp3) is 0.121. The van der Waals surface area contributed by atoms with Crippen LogP contribution in [0.4, 0.5) is 34.4 Å². The third-order valence-electron chi connectivity index (χ3n) is 13.2. The molecule has 0 unspecified atom stereocenters. The van der Waals surface area contributed by atoms with Crippen LogP contribution >= 0.6 is 0 Å². The van der Waals surface area contributed by atoms with Crippen molar-refractivity contribution in [1.29, 1.82) is 0 Å². The van der Waals surface area contributed by atoms with Crippen LogP contribution in [0.25, 0.3) is 67.0 Å². The molecule has 0 atom stereocenters. The Labute approximate surface area is 433 Å². The predicted molar refractivity (Wildman–Crippen MR) is 293 cm³/mol. The van der Waals surface area contributed by atoms with Crippen molar-refractivity contribution in [2.45, 2.75) is 52.4 Å². The molecular weight excluding hydrogens is 1040 g/mol. The number of pyridine rings is 2. The molecular formula is C66H54N4Pt. The van der Waals surface area contributed by atoms with Crippen molar-refractivity contribution < 1.29 is 21.1 Å². The number of hydrogen-bond acceptors (Lipinski definition) is 4. The molecule has 0 saturated heterocycles. The summed E-state index contributed by atoms with van der Waals surface area (Å²) in [4.78, 5) is 15.8. The van der Waals surface area contributed by atoms with Crippen LogP contribution in [0, 0.1) is 12.1 Å². The Hall–Kier alpha value is -7.65. The van der Waals surface area contributed by atoms with Crippen molar-refractivity contribution in [2.75, 3.05) is 9.80 Å². The third kappa shape index (κ3) is 9.78.